The predicted octanol–water partition coefficient (Wildman–Crippen LogP) is 1.44. The van der Waals surface area contributed by atoms with E-state index in [1.54, 1.807) is 6.20 Å². The van der Waals surface area contributed by atoms with Crippen molar-refractivity contribution in [1.29, 1.82) is 0 Å². The lowest BCUT2D eigenvalue weighted by molar-refractivity contribution is 0.257. The first kappa shape index (κ1) is 13.1. The lowest BCUT2D eigenvalue weighted by Crippen LogP contribution is -2.36. The van der Waals surface area contributed by atoms with E-state index < -0.39 is 0 Å². The second kappa shape index (κ2) is 5.52. The molecule has 0 spiro atoms. The van der Waals surface area contributed by atoms with Crippen molar-refractivity contribution in [2.45, 2.75) is 31.8 Å². The number of anilines is 2. The zero-order valence-electron chi connectivity index (χ0n) is 11.7. The number of hydrogen-bond acceptors (Lipinski definition) is 5. The first-order chi connectivity index (χ1) is 8.58. The van der Waals surface area contributed by atoms with Gasteiger partial charge in [-0.15, -0.1) is 0 Å². The molecule has 2 rings (SSSR count). The molecule has 0 amide bonds. The average Bonchev–Trinajstić information content (AvgIpc) is 3.19. The zero-order chi connectivity index (χ0) is 13.1. The summed E-state index contributed by atoms with van der Waals surface area (Å²) in [5.41, 5.74) is 0. The molecule has 18 heavy (non-hydrogen) atoms. The molecule has 1 fully saturated rings. The summed E-state index contributed by atoms with van der Waals surface area (Å²) in [5, 5.41) is 3.38. The van der Waals surface area contributed by atoms with Gasteiger partial charge in [-0.05, 0) is 32.9 Å². The van der Waals surface area contributed by atoms with Crippen LogP contribution >= 0.6 is 0 Å². The van der Waals surface area contributed by atoms with E-state index in [2.05, 4.69) is 34.2 Å². The minimum atomic E-state index is 0.523. The van der Waals surface area contributed by atoms with Crippen LogP contribution in [0, 0.1) is 0 Å². The minimum Gasteiger partial charge on any atom is -0.368 e. The van der Waals surface area contributed by atoms with Crippen LogP contribution in [0.25, 0.3) is 0 Å². The van der Waals surface area contributed by atoms with Crippen LogP contribution in [0.15, 0.2) is 12.3 Å². The van der Waals surface area contributed by atoms with Gasteiger partial charge in [0.15, 0.2) is 0 Å². The van der Waals surface area contributed by atoms with Crippen LogP contribution in [0.5, 0.6) is 0 Å². The monoisotopic (exact) mass is 249 g/mol. The maximum absolute atomic E-state index is 4.45. The van der Waals surface area contributed by atoms with Crippen molar-refractivity contribution in [1.82, 2.24) is 14.9 Å². The molecule has 100 valence electrons. The molecule has 0 radical (unpaired) electrons. The SMILES string of the molecule is CC(CNc1ccnc(N(C)C)n1)N(C)C1CC1. The highest BCUT2D eigenvalue weighted by molar-refractivity contribution is 5.40. The molecule has 1 aromatic heterocycles. The zero-order valence-corrected chi connectivity index (χ0v) is 11.7. The minimum absolute atomic E-state index is 0.523. The molecule has 5 heteroatoms. The second-order valence-electron chi connectivity index (χ2n) is 5.26. The smallest absolute Gasteiger partial charge is 0.226 e. The molecule has 0 aromatic carbocycles. The fourth-order valence-corrected chi connectivity index (χ4v) is 1.90. The third-order valence-electron chi connectivity index (χ3n) is 3.44. The molecule has 1 unspecified atom stereocenters. The first-order valence-electron chi connectivity index (χ1n) is 6.54. The third-order valence-corrected chi connectivity index (χ3v) is 3.44. The number of nitrogens with one attached hydrogen (secondary N) is 1. The van der Waals surface area contributed by atoms with Crippen LogP contribution in [0.2, 0.25) is 0 Å². The number of rotatable bonds is 6. The van der Waals surface area contributed by atoms with Crippen molar-refractivity contribution in [3.8, 4) is 0 Å². The summed E-state index contributed by atoms with van der Waals surface area (Å²) in [7, 11) is 6.10. The van der Waals surface area contributed by atoms with Gasteiger partial charge in [-0.3, -0.25) is 4.90 Å². The summed E-state index contributed by atoms with van der Waals surface area (Å²) >= 11 is 0. The molecule has 0 bridgehead atoms. The Morgan fingerprint density at radius 2 is 2.11 bits per heavy atom. The van der Waals surface area contributed by atoms with Gasteiger partial charge in [0.2, 0.25) is 5.95 Å². The Morgan fingerprint density at radius 3 is 2.72 bits per heavy atom. The summed E-state index contributed by atoms with van der Waals surface area (Å²) < 4.78 is 0. The fraction of sp³-hybridized carbons (Fsp3) is 0.692. The lowest BCUT2D eigenvalue weighted by Gasteiger charge is -2.24. The lowest BCUT2D eigenvalue weighted by atomic mass is 10.3. The highest BCUT2D eigenvalue weighted by atomic mass is 15.2. The maximum Gasteiger partial charge on any atom is 0.226 e. The summed E-state index contributed by atoms with van der Waals surface area (Å²) in [4.78, 5) is 13.0. The topological polar surface area (TPSA) is 44.3 Å². The highest BCUT2D eigenvalue weighted by Crippen LogP contribution is 2.26. The van der Waals surface area contributed by atoms with Crippen molar-refractivity contribution in [3.63, 3.8) is 0 Å². The molecule has 1 saturated carbocycles. The van der Waals surface area contributed by atoms with Crippen LogP contribution in [0.3, 0.4) is 0 Å². The van der Waals surface area contributed by atoms with Crippen molar-refractivity contribution >= 4 is 11.8 Å². The summed E-state index contributed by atoms with van der Waals surface area (Å²) in [6.07, 6.45) is 4.48. The predicted molar refractivity (Wildman–Crippen MR) is 75.1 cm³/mol. The third kappa shape index (κ3) is 3.32. The van der Waals surface area contributed by atoms with Crippen LogP contribution in [0.4, 0.5) is 11.8 Å². The van der Waals surface area contributed by atoms with E-state index in [1.807, 2.05) is 25.1 Å². The van der Waals surface area contributed by atoms with Gasteiger partial charge < -0.3 is 10.2 Å². The van der Waals surface area contributed by atoms with E-state index in [0.717, 1.165) is 24.4 Å². The van der Waals surface area contributed by atoms with Crippen molar-refractivity contribution in [2.75, 3.05) is 37.9 Å². The largest absolute Gasteiger partial charge is 0.368 e. The van der Waals surface area contributed by atoms with Gasteiger partial charge in [0, 0.05) is 38.9 Å². The Kier molecular flexibility index (Phi) is 4.01. The molecule has 5 nitrogen and oxygen atoms in total. The molecule has 0 aliphatic heterocycles. The molecule has 1 aliphatic carbocycles. The van der Waals surface area contributed by atoms with Gasteiger partial charge >= 0.3 is 0 Å². The van der Waals surface area contributed by atoms with Gasteiger partial charge in [0.1, 0.15) is 5.82 Å². The summed E-state index contributed by atoms with van der Waals surface area (Å²) in [6.45, 7) is 3.16. The van der Waals surface area contributed by atoms with Crippen molar-refractivity contribution in [2.24, 2.45) is 0 Å². The standard InChI is InChI=1S/C13H23N5/c1-10(18(4)11-5-6-11)9-15-12-7-8-14-13(16-12)17(2)3/h7-8,10-11H,5-6,9H2,1-4H3,(H,14,15,16). The Bertz CT molecular complexity index is 389. The van der Waals surface area contributed by atoms with E-state index >= 15 is 0 Å². The van der Waals surface area contributed by atoms with Crippen molar-refractivity contribution in [3.05, 3.63) is 12.3 Å². The van der Waals surface area contributed by atoms with Crippen LogP contribution < -0.4 is 10.2 Å². The molecule has 1 atom stereocenters. The second-order valence-corrected chi connectivity index (χ2v) is 5.26. The van der Waals surface area contributed by atoms with E-state index in [-0.39, 0.29) is 0 Å². The molecule has 0 saturated heterocycles. The normalized spacial score (nSPS) is 16.7. The van der Waals surface area contributed by atoms with E-state index in [0.29, 0.717) is 6.04 Å². The van der Waals surface area contributed by atoms with Gasteiger partial charge in [0.05, 0.1) is 0 Å². The Labute approximate surface area is 109 Å². The van der Waals surface area contributed by atoms with Crippen LogP contribution in [-0.2, 0) is 0 Å². The molecular weight excluding hydrogens is 226 g/mol. The van der Waals surface area contributed by atoms with Crippen LogP contribution in [0.1, 0.15) is 19.8 Å². The average molecular weight is 249 g/mol. The number of hydrogen-bond donors (Lipinski definition) is 1. The Balaban J connectivity index is 1.87. The van der Waals surface area contributed by atoms with Gasteiger partial charge in [-0.25, -0.2) is 4.98 Å². The van der Waals surface area contributed by atoms with E-state index in [9.17, 15) is 0 Å². The number of nitrogens with zero attached hydrogens (tertiary/aromatic N) is 4. The van der Waals surface area contributed by atoms with Crippen molar-refractivity contribution < 1.29 is 0 Å². The summed E-state index contributed by atoms with van der Waals surface area (Å²) in [6, 6.07) is 3.23. The van der Waals surface area contributed by atoms with Crippen LogP contribution in [-0.4, -0.2) is 54.6 Å². The highest BCUT2D eigenvalue weighted by Gasteiger charge is 2.28. The Morgan fingerprint density at radius 1 is 1.39 bits per heavy atom. The molecule has 1 aromatic rings. The van der Waals surface area contributed by atoms with E-state index in [1.165, 1.54) is 12.8 Å². The summed E-state index contributed by atoms with van der Waals surface area (Å²) in [5.74, 6) is 1.63. The van der Waals surface area contributed by atoms with Gasteiger partial charge in [0.25, 0.3) is 0 Å². The quantitative estimate of drug-likeness (QED) is 0.826. The molecule has 1 heterocycles. The molecular formula is C13H23N5. The number of aromatic nitrogens is 2. The maximum atomic E-state index is 4.45. The van der Waals surface area contributed by atoms with E-state index in [4.69, 9.17) is 0 Å². The Hall–Kier alpha value is -1.36. The fourth-order valence-electron chi connectivity index (χ4n) is 1.90. The molecule has 1 aliphatic rings. The first-order valence-corrected chi connectivity index (χ1v) is 6.54. The van der Waals surface area contributed by atoms with Gasteiger partial charge in [-0.2, -0.15) is 4.98 Å². The van der Waals surface area contributed by atoms with Gasteiger partial charge in [-0.1, -0.05) is 0 Å². The number of likely N-dealkylation sites (N-methyl/N-ethyl adjacent to an activating group) is 1. The molecule has 1 N–H and O–H groups in total.